The molecule has 0 unspecified atom stereocenters. The summed E-state index contributed by atoms with van der Waals surface area (Å²) in [5.74, 6) is 0.0637. The lowest BCUT2D eigenvalue weighted by Gasteiger charge is -2.66. The van der Waals surface area contributed by atoms with Gasteiger partial charge in [0.25, 0.3) is 0 Å². The Balaban J connectivity index is 1.26. The van der Waals surface area contributed by atoms with E-state index in [2.05, 4.69) is 9.97 Å². The fourth-order valence-corrected chi connectivity index (χ4v) is 4.44. The molecule has 2 bridgehead atoms. The number of carbonyl (C=O) groups excluding carboxylic acids is 2. The van der Waals surface area contributed by atoms with E-state index in [9.17, 15) is 9.59 Å². The highest BCUT2D eigenvalue weighted by Crippen LogP contribution is 2.60. The van der Waals surface area contributed by atoms with Crippen molar-refractivity contribution in [2.45, 2.75) is 31.3 Å². The highest BCUT2D eigenvalue weighted by atomic mass is 16.2. The summed E-state index contributed by atoms with van der Waals surface area (Å²) < 4.78 is 0. The van der Waals surface area contributed by atoms with Crippen LogP contribution in [0.2, 0.25) is 0 Å². The molecule has 3 aliphatic carbocycles. The molecule has 132 valence electrons. The van der Waals surface area contributed by atoms with E-state index in [0.29, 0.717) is 19.6 Å². The zero-order valence-corrected chi connectivity index (χ0v) is 14.5. The number of nitrogens with zero attached hydrogens (tertiary/aromatic N) is 4. The first-order chi connectivity index (χ1) is 12.6. The molecule has 3 saturated carbocycles. The van der Waals surface area contributed by atoms with E-state index >= 15 is 0 Å². The minimum atomic E-state index is -0.392. The highest BCUT2D eigenvalue weighted by Gasteiger charge is 2.62. The molecule has 1 aliphatic heterocycles. The normalized spacial score (nSPS) is 27.2. The topological polar surface area (TPSA) is 66.4 Å². The van der Waals surface area contributed by atoms with Crippen LogP contribution in [0.5, 0.6) is 0 Å². The van der Waals surface area contributed by atoms with E-state index < -0.39 is 5.91 Å². The molecular formula is C20H20N4O2. The summed E-state index contributed by atoms with van der Waals surface area (Å²) in [4.78, 5) is 37.3. The van der Waals surface area contributed by atoms with Gasteiger partial charge < -0.3 is 9.80 Å². The number of rotatable bonds is 4. The van der Waals surface area contributed by atoms with Crippen LogP contribution in [-0.4, -0.2) is 50.2 Å². The van der Waals surface area contributed by atoms with Gasteiger partial charge in [0.1, 0.15) is 0 Å². The monoisotopic (exact) mass is 348 g/mol. The van der Waals surface area contributed by atoms with Crippen LogP contribution >= 0.6 is 0 Å². The number of piperazine rings is 1. The lowest BCUT2D eigenvalue weighted by Crippen LogP contribution is -2.73. The van der Waals surface area contributed by atoms with Crippen molar-refractivity contribution in [1.29, 1.82) is 0 Å². The van der Waals surface area contributed by atoms with Gasteiger partial charge in [0.15, 0.2) is 0 Å². The van der Waals surface area contributed by atoms with Gasteiger partial charge in [-0.05, 0) is 49.4 Å². The van der Waals surface area contributed by atoms with Crippen molar-refractivity contribution in [3.63, 3.8) is 0 Å². The highest BCUT2D eigenvalue weighted by molar-refractivity contribution is 6.35. The summed E-state index contributed by atoms with van der Waals surface area (Å²) in [5, 5.41) is 0. The maximum atomic E-state index is 12.5. The van der Waals surface area contributed by atoms with Crippen molar-refractivity contribution in [2.24, 2.45) is 5.92 Å². The first kappa shape index (κ1) is 15.5. The molecule has 0 atom stereocenters. The summed E-state index contributed by atoms with van der Waals surface area (Å²) in [7, 11) is 0. The van der Waals surface area contributed by atoms with Crippen molar-refractivity contribution in [3.05, 3.63) is 48.4 Å². The third-order valence-corrected chi connectivity index (χ3v) is 6.03. The zero-order valence-electron chi connectivity index (χ0n) is 14.5. The molecule has 0 aromatic carbocycles. The minimum Gasteiger partial charge on any atom is -0.327 e. The molecule has 0 spiro atoms. The van der Waals surface area contributed by atoms with Crippen LogP contribution in [0.4, 0.5) is 0 Å². The molecule has 6 nitrogen and oxygen atoms in total. The Bertz CT molecular complexity index is 848. The third kappa shape index (κ3) is 2.32. The second-order valence-corrected chi connectivity index (χ2v) is 7.64. The van der Waals surface area contributed by atoms with Crippen LogP contribution in [0.15, 0.2) is 42.7 Å². The van der Waals surface area contributed by atoms with Gasteiger partial charge in [-0.25, -0.2) is 0 Å². The minimum absolute atomic E-state index is 0.0199. The number of pyridine rings is 2. The fourth-order valence-electron chi connectivity index (χ4n) is 4.44. The van der Waals surface area contributed by atoms with Crippen LogP contribution in [0, 0.1) is 5.92 Å². The predicted molar refractivity (Wildman–Crippen MR) is 94.7 cm³/mol. The van der Waals surface area contributed by atoms with Crippen LogP contribution in [0.25, 0.3) is 11.3 Å². The molecule has 4 aliphatic rings. The molecule has 1 saturated heterocycles. The summed E-state index contributed by atoms with van der Waals surface area (Å²) in [6, 6.07) is 9.60. The van der Waals surface area contributed by atoms with Gasteiger partial charge in [-0.2, -0.15) is 0 Å². The van der Waals surface area contributed by atoms with Crippen molar-refractivity contribution >= 4 is 11.8 Å². The number of aromatic nitrogens is 2. The maximum absolute atomic E-state index is 12.5. The molecule has 2 aromatic heterocycles. The Labute approximate surface area is 151 Å². The lowest BCUT2D eigenvalue weighted by atomic mass is 9.49. The first-order valence-corrected chi connectivity index (χ1v) is 9.12. The number of hydrogen-bond acceptors (Lipinski definition) is 4. The lowest BCUT2D eigenvalue weighted by molar-refractivity contribution is -0.186. The van der Waals surface area contributed by atoms with E-state index in [0.717, 1.165) is 42.1 Å². The van der Waals surface area contributed by atoms with Crippen molar-refractivity contribution in [2.75, 3.05) is 13.1 Å². The molecular weight excluding hydrogens is 328 g/mol. The molecule has 0 N–H and O–H groups in total. The molecule has 6 heteroatoms. The van der Waals surface area contributed by atoms with Crippen LogP contribution in [0.3, 0.4) is 0 Å². The summed E-state index contributed by atoms with van der Waals surface area (Å²) in [5.41, 5.74) is 2.60. The second-order valence-electron chi connectivity index (χ2n) is 7.64. The Kier molecular flexibility index (Phi) is 3.35. The van der Waals surface area contributed by atoms with E-state index in [1.807, 2.05) is 35.2 Å². The molecule has 26 heavy (non-hydrogen) atoms. The molecule has 6 rings (SSSR count). The average Bonchev–Trinajstić information content (AvgIpc) is 2.60. The first-order valence-electron chi connectivity index (χ1n) is 9.12. The quantitative estimate of drug-likeness (QED) is 0.791. The van der Waals surface area contributed by atoms with Gasteiger partial charge in [0, 0.05) is 36.6 Å². The maximum Gasteiger partial charge on any atom is 0.312 e. The molecule has 2 aromatic rings. The number of hydrogen-bond donors (Lipinski definition) is 0. The molecule has 2 amide bonds. The molecule has 4 fully saturated rings. The number of amides is 2. The summed E-state index contributed by atoms with van der Waals surface area (Å²) >= 11 is 0. The summed E-state index contributed by atoms with van der Waals surface area (Å²) in [6.07, 6.45) is 6.77. The van der Waals surface area contributed by atoms with Gasteiger partial charge >= 0.3 is 11.8 Å². The fraction of sp³-hybridized carbons (Fsp3) is 0.400. The van der Waals surface area contributed by atoms with E-state index in [4.69, 9.17) is 0 Å². The Morgan fingerprint density at radius 2 is 1.85 bits per heavy atom. The molecule has 0 radical (unpaired) electrons. The predicted octanol–water partition coefficient (Wildman–Crippen LogP) is 1.87. The van der Waals surface area contributed by atoms with E-state index in [1.165, 1.54) is 0 Å². The summed E-state index contributed by atoms with van der Waals surface area (Å²) in [6.45, 7) is 1.60. The Morgan fingerprint density at radius 1 is 1.00 bits per heavy atom. The average molecular weight is 348 g/mol. The van der Waals surface area contributed by atoms with Crippen molar-refractivity contribution in [1.82, 2.24) is 19.8 Å². The standard InChI is InChI=1S/C20H20N4O2/c25-18-19(26)24(20-9-14(10-20)11-20)8-7-23(18)13-16-5-4-15(12-22-16)17-3-1-2-6-21-17/h1-6,12,14H,7-11,13H2. The van der Waals surface area contributed by atoms with Crippen LogP contribution < -0.4 is 0 Å². The zero-order chi connectivity index (χ0) is 17.7. The Morgan fingerprint density at radius 3 is 2.46 bits per heavy atom. The van der Waals surface area contributed by atoms with Gasteiger partial charge in [-0.15, -0.1) is 0 Å². The second kappa shape index (κ2) is 5.62. The number of carbonyl (C=O) groups is 2. The van der Waals surface area contributed by atoms with Gasteiger partial charge in [-0.1, -0.05) is 6.07 Å². The van der Waals surface area contributed by atoms with Crippen LogP contribution in [0.1, 0.15) is 25.0 Å². The van der Waals surface area contributed by atoms with Gasteiger partial charge in [0.2, 0.25) is 0 Å². The smallest absolute Gasteiger partial charge is 0.312 e. The SMILES string of the molecule is O=C1C(=O)N(C23CC(C2)C3)CCN1Cc1ccc(-c2ccccn2)cn1. The van der Waals surface area contributed by atoms with Crippen LogP contribution in [-0.2, 0) is 16.1 Å². The third-order valence-electron chi connectivity index (χ3n) is 6.03. The van der Waals surface area contributed by atoms with E-state index in [1.54, 1.807) is 17.3 Å². The van der Waals surface area contributed by atoms with Gasteiger partial charge in [-0.3, -0.25) is 19.6 Å². The van der Waals surface area contributed by atoms with Crippen molar-refractivity contribution < 1.29 is 9.59 Å². The molecule has 3 heterocycles. The van der Waals surface area contributed by atoms with Crippen molar-refractivity contribution in [3.8, 4) is 11.3 Å². The largest absolute Gasteiger partial charge is 0.327 e. The van der Waals surface area contributed by atoms with E-state index in [-0.39, 0.29) is 11.4 Å². The Hall–Kier alpha value is -2.76. The van der Waals surface area contributed by atoms with Gasteiger partial charge in [0.05, 0.1) is 17.9 Å².